The number of ether oxygens (including phenoxy) is 3. The Balaban J connectivity index is 2.35. The summed E-state index contributed by atoms with van der Waals surface area (Å²) in [6.45, 7) is 5.34. The lowest BCUT2D eigenvalue weighted by Crippen LogP contribution is -2.25. The monoisotopic (exact) mass is 408 g/mol. The average molecular weight is 409 g/mol. The summed E-state index contributed by atoms with van der Waals surface area (Å²) in [4.78, 5) is 16.3. The lowest BCUT2D eigenvalue weighted by atomic mass is 10.2. The standard InChI is InChI=1S/C19H18Cl2N2O4/c1-19(2,3)27-16(24)9-13-8-15(17(21)18(23-13)25-4)26-14-6-11(10-22)5-12(20)7-14/h5-8H,9H2,1-4H3. The molecule has 142 valence electrons. The highest BCUT2D eigenvalue weighted by atomic mass is 35.5. The molecule has 0 N–H and O–H groups in total. The summed E-state index contributed by atoms with van der Waals surface area (Å²) in [5.74, 6) is 0.195. The van der Waals surface area contributed by atoms with Crippen LogP contribution in [0.25, 0.3) is 0 Å². The van der Waals surface area contributed by atoms with E-state index in [9.17, 15) is 4.79 Å². The number of rotatable bonds is 5. The average Bonchev–Trinajstić information content (AvgIpc) is 2.55. The van der Waals surface area contributed by atoms with Gasteiger partial charge in [-0.2, -0.15) is 5.26 Å². The van der Waals surface area contributed by atoms with Gasteiger partial charge < -0.3 is 14.2 Å². The van der Waals surface area contributed by atoms with E-state index in [2.05, 4.69) is 4.98 Å². The predicted molar refractivity (Wildman–Crippen MR) is 102 cm³/mol. The molecule has 1 aromatic heterocycles. The molecule has 1 heterocycles. The molecule has 27 heavy (non-hydrogen) atoms. The summed E-state index contributed by atoms with van der Waals surface area (Å²) in [6.07, 6.45) is -0.0832. The zero-order valence-electron chi connectivity index (χ0n) is 15.3. The summed E-state index contributed by atoms with van der Waals surface area (Å²) in [6, 6.07) is 8.08. The SMILES string of the molecule is COc1nc(CC(=O)OC(C)(C)C)cc(Oc2cc(Cl)cc(C#N)c2)c1Cl. The van der Waals surface area contributed by atoms with E-state index in [1.807, 2.05) is 6.07 Å². The van der Waals surface area contributed by atoms with Crippen LogP contribution in [0.15, 0.2) is 24.3 Å². The van der Waals surface area contributed by atoms with Gasteiger partial charge in [0.1, 0.15) is 16.4 Å². The van der Waals surface area contributed by atoms with Crippen LogP contribution in [-0.4, -0.2) is 23.7 Å². The highest BCUT2D eigenvalue weighted by molar-refractivity contribution is 6.33. The highest BCUT2D eigenvalue weighted by Crippen LogP contribution is 2.37. The lowest BCUT2D eigenvalue weighted by molar-refractivity contribution is -0.153. The molecule has 0 atom stereocenters. The Hall–Kier alpha value is -2.49. The molecular formula is C19H18Cl2N2O4. The van der Waals surface area contributed by atoms with Crippen LogP contribution in [0.2, 0.25) is 10.0 Å². The quantitative estimate of drug-likeness (QED) is 0.651. The van der Waals surface area contributed by atoms with E-state index in [1.165, 1.54) is 25.3 Å². The van der Waals surface area contributed by atoms with Crippen LogP contribution in [0.4, 0.5) is 0 Å². The zero-order chi connectivity index (χ0) is 20.2. The van der Waals surface area contributed by atoms with Crippen LogP contribution in [-0.2, 0) is 16.0 Å². The topological polar surface area (TPSA) is 81.4 Å². The summed E-state index contributed by atoms with van der Waals surface area (Å²) < 4.78 is 16.2. The minimum atomic E-state index is -0.610. The number of nitrogens with zero attached hydrogens (tertiary/aromatic N) is 2. The number of hydrogen-bond acceptors (Lipinski definition) is 6. The zero-order valence-corrected chi connectivity index (χ0v) is 16.8. The number of halogens is 2. The van der Waals surface area contributed by atoms with Gasteiger partial charge in [0.05, 0.1) is 30.9 Å². The Kier molecular flexibility index (Phi) is 6.53. The molecule has 0 bridgehead atoms. The summed E-state index contributed by atoms with van der Waals surface area (Å²) in [7, 11) is 1.41. The molecular weight excluding hydrogens is 391 g/mol. The van der Waals surface area contributed by atoms with Gasteiger partial charge in [0.15, 0.2) is 5.75 Å². The number of hydrogen-bond donors (Lipinski definition) is 0. The van der Waals surface area contributed by atoms with Crippen molar-refractivity contribution in [3.8, 4) is 23.4 Å². The number of carbonyl (C=O) groups is 1. The minimum absolute atomic E-state index is 0.0832. The van der Waals surface area contributed by atoms with Crippen molar-refractivity contribution in [2.45, 2.75) is 32.8 Å². The molecule has 0 saturated heterocycles. The van der Waals surface area contributed by atoms with E-state index in [0.717, 1.165) is 0 Å². The molecule has 0 saturated carbocycles. The Bertz CT molecular complexity index is 902. The van der Waals surface area contributed by atoms with E-state index in [-0.39, 0.29) is 23.1 Å². The molecule has 0 spiro atoms. The third-order valence-corrected chi connectivity index (χ3v) is 3.68. The maximum atomic E-state index is 12.1. The molecule has 0 aliphatic carbocycles. The van der Waals surface area contributed by atoms with Gasteiger partial charge in [0, 0.05) is 11.1 Å². The first-order valence-corrected chi connectivity index (χ1v) is 8.70. The van der Waals surface area contributed by atoms with Gasteiger partial charge in [-0.25, -0.2) is 4.98 Å². The lowest BCUT2D eigenvalue weighted by Gasteiger charge is -2.19. The normalized spacial score (nSPS) is 10.9. The molecule has 2 rings (SSSR count). The van der Waals surface area contributed by atoms with E-state index >= 15 is 0 Å². The molecule has 8 heteroatoms. The van der Waals surface area contributed by atoms with Crippen LogP contribution >= 0.6 is 23.2 Å². The third-order valence-electron chi connectivity index (χ3n) is 3.11. The number of nitriles is 1. The highest BCUT2D eigenvalue weighted by Gasteiger charge is 2.20. The first-order valence-electron chi connectivity index (χ1n) is 7.95. The van der Waals surface area contributed by atoms with Crippen molar-refractivity contribution in [2.24, 2.45) is 0 Å². The van der Waals surface area contributed by atoms with Crippen LogP contribution in [0.1, 0.15) is 32.0 Å². The first-order chi connectivity index (χ1) is 12.6. The van der Waals surface area contributed by atoms with Crippen LogP contribution in [0.3, 0.4) is 0 Å². The fraction of sp³-hybridized carbons (Fsp3) is 0.316. The van der Waals surface area contributed by atoms with E-state index < -0.39 is 11.6 Å². The third kappa shape index (κ3) is 6.02. The van der Waals surface area contributed by atoms with Crippen LogP contribution < -0.4 is 9.47 Å². The molecule has 6 nitrogen and oxygen atoms in total. The maximum Gasteiger partial charge on any atom is 0.312 e. The number of methoxy groups -OCH3 is 1. The number of esters is 1. The molecule has 0 aliphatic heterocycles. The van der Waals surface area contributed by atoms with Crippen molar-refractivity contribution >= 4 is 29.2 Å². The van der Waals surface area contributed by atoms with Gasteiger partial charge in [-0.15, -0.1) is 0 Å². The van der Waals surface area contributed by atoms with Gasteiger partial charge >= 0.3 is 5.97 Å². The largest absolute Gasteiger partial charge is 0.480 e. The van der Waals surface area contributed by atoms with Gasteiger partial charge in [-0.05, 0) is 39.0 Å². The Morgan fingerprint density at radius 2 is 1.93 bits per heavy atom. The molecule has 0 amide bonds. The number of aromatic nitrogens is 1. The molecule has 0 fully saturated rings. The summed E-state index contributed by atoms with van der Waals surface area (Å²) in [5.41, 5.74) is 0.0909. The van der Waals surface area contributed by atoms with Crippen LogP contribution in [0, 0.1) is 11.3 Å². The Labute approximate surface area is 167 Å². The first kappa shape index (κ1) is 20.8. The minimum Gasteiger partial charge on any atom is -0.480 e. The van der Waals surface area contributed by atoms with E-state index in [1.54, 1.807) is 26.8 Å². The molecule has 0 radical (unpaired) electrons. The Morgan fingerprint density at radius 1 is 1.22 bits per heavy atom. The summed E-state index contributed by atoms with van der Waals surface area (Å²) >= 11 is 12.3. The van der Waals surface area contributed by atoms with Gasteiger partial charge in [-0.3, -0.25) is 4.79 Å². The van der Waals surface area contributed by atoms with Crippen molar-refractivity contribution < 1.29 is 19.0 Å². The fourth-order valence-corrected chi connectivity index (χ4v) is 2.61. The van der Waals surface area contributed by atoms with Crippen LogP contribution in [0.5, 0.6) is 17.4 Å². The fourth-order valence-electron chi connectivity index (χ4n) is 2.17. The second-order valence-electron chi connectivity index (χ2n) is 6.59. The van der Waals surface area contributed by atoms with E-state index in [4.69, 9.17) is 42.7 Å². The smallest absolute Gasteiger partial charge is 0.312 e. The molecule has 1 aromatic carbocycles. The number of pyridine rings is 1. The Morgan fingerprint density at radius 3 is 2.52 bits per heavy atom. The van der Waals surface area contributed by atoms with Crippen molar-refractivity contribution in [1.29, 1.82) is 5.26 Å². The molecule has 0 unspecified atom stereocenters. The van der Waals surface area contributed by atoms with Gasteiger partial charge in [0.25, 0.3) is 0 Å². The van der Waals surface area contributed by atoms with Gasteiger partial charge in [-0.1, -0.05) is 23.2 Å². The van der Waals surface area contributed by atoms with Crippen molar-refractivity contribution in [2.75, 3.05) is 7.11 Å². The molecule has 2 aromatic rings. The maximum absolute atomic E-state index is 12.1. The number of carbonyl (C=O) groups excluding carboxylic acids is 1. The van der Waals surface area contributed by atoms with E-state index in [0.29, 0.717) is 22.0 Å². The van der Waals surface area contributed by atoms with Crippen molar-refractivity contribution in [1.82, 2.24) is 4.98 Å². The van der Waals surface area contributed by atoms with Crippen molar-refractivity contribution in [3.63, 3.8) is 0 Å². The summed E-state index contributed by atoms with van der Waals surface area (Å²) in [5, 5.41) is 9.53. The number of benzene rings is 1. The predicted octanol–water partition coefficient (Wildman–Crippen LogP) is 4.95. The van der Waals surface area contributed by atoms with Gasteiger partial charge in [0.2, 0.25) is 5.88 Å². The molecule has 0 aliphatic rings. The van der Waals surface area contributed by atoms with Crippen molar-refractivity contribution in [3.05, 3.63) is 45.6 Å². The second kappa shape index (κ2) is 8.47. The second-order valence-corrected chi connectivity index (χ2v) is 7.40.